The van der Waals surface area contributed by atoms with E-state index in [9.17, 15) is 9.59 Å². The Bertz CT molecular complexity index is 267. The maximum atomic E-state index is 11.7. The monoisotopic (exact) mass is 263 g/mol. The molecule has 0 aliphatic carbocycles. The first-order valence-corrected chi connectivity index (χ1v) is 5.75. The van der Waals surface area contributed by atoms with Crippen LogP contribution in [0, 0.1) is 11.8 Å². The maximum Gasteiger partial charge on any atom is 0.228 e. The van der Waals surface area contributed by atoms with E-state index in [0.29, 0.717) is 13.1 Å². The van der Waals surface area contributed by atoms with E-state index in [1.165, 1.54) is 0 Å². The van der Waals surface area contributed by atoms with Crippen LogP contribution in [0.4, 0.5) is 0 Å². The Morgan fingerprint density at radius 3 is 2.41 bits per heavy atom. The van der Waals surface area contributed by atoms with Gasteiger partial charge in [0.2, 0.25) is 11.8 Å². The second kappa shape index (κ2) is 7.50. The van der Waals surface area contributed by atoms with Crippen molar-refractivity contribution in [1.29, 1.82) is 0 Å². The molecule has 0 bridgehead atoms. The van der Waals surface area contributed by atoms with E-state index in [2.05, 4.69) is 10.6 Å². The van der Waals surface area contributed by atoms with E-state index in [0.717, 1.165) is 13.1 Å². The lowest BCUT2D eigenvalue weighted by molar-refractivity contribution is -0.136. The molecule has 2 amide bonds. The highest BCUT2D eigenvalue weighted by Crippen LogP contribution is 2.06. The molecule has 5 nitrogen and oxygen atoms in total. The molecule has 1 heterocycles. The maximum absolute atomic E-state index is 11.7. The van der Waals surface area contributed by atoms with Gasteiger partial charge in [-0.3, -0.25) is 9.59 Å². The van der Waals surface area contributed by atoms with E-state index in [1.807, 2.05) is 13.8 Å². The smallest absolute Gasteiger partial charge is 0.228 e. The van der Waals surface area contributed by atoms with Gasteiger partial charge in [0.15, 0.2) is 0 Å². The summed E-state index contributed by atoms with van der Waals surface area (Å²) in [4.78, 5) is 24.7. The summed E-state index contributed by atoms with van der Waals surface area (Å²) in [7, 11) is 1.78. The van der Waals surface area contributed by atoms with Crippen LogP contribution in [-0.4, -0.2) is 49.9 Å². The quantitative estimate of drug-likeness (QED) is 0.726. The molecule has 0 aromatic carbocycles. The van der Waals surface area contributed by atoms with Gasteiger partial charge in [-0.05, 0) is 0 Å². The van der Waals surface area contributed by atoms with E-state index in [1.54, 1.807) is 11.9 Å². The topological polar surface area (TPSA) is 61.4 Å². The van der Waals surface area contributed by atoms with Crippen molar-refractivity contribution in [3.8, 4) is 0 Å². The Hall–Kier alpha value is -0.810. The van der Waals surface area contributed by atoms with Crippen LogP contribution >= 0.6 is 12.4 Å². The van der Waals surface area contributed by atoms with Crippen molar-refractivity contribution in [1.82, 2.24) is 15.5 Å². The van der Waals surface area contributed by atoms with Crippen molar-refractivity contribution >= 4 is 24.2 Å². The minimum Gasteiger partial charge on any atom is -0.354 e. The van der Waals surface area contributed by atoms with Crippen LogP contribution in [0.15, 0.2) is 0 Å². The molecule has 1 fully saturated rings. The zero-order chi connectivity index (χ0) is 12.1. The van der Waals surface area contributed by atoms with Gasteiger partial charge in [-0.2, -0.15) is 0 Å². The first-order valence-electron chi connectivity index (χ1n) is 5.75. The van der Waals surface area contributed by atoms with Crippen LogP contribution in [0.3, 0.4) is 0 Å². The summed E-state index contributed by atoms with van der Waals surface area (Å²) in [5.41, 5.74) is 0. The molecule has 1 aliphatic heterocycles. The predicted octanol–water partition coefficient (Wildman–Crippen LogP) is -0.142. The van der Waals surface area contributed by atoms with Crippen LogP contribution in [0.2, 0.25) is 0 Å². The Labute approximate surface area is 109 Å². The fraction of sp³-hybridized carbons (Fsp3) is 0.818. The largest absolute Gasteiger partial charge is 0.354 e. The highest BCUT2D eigenvalue weighted by molar-refractivity contribution is 5.85. The van der Waals surface area contributed by atoms with Crippen molar-refractivity contribution in [3.63, 3.8) is 0 Å². The predicted molar refractivity (Wildman–Crippen MR) is 69.1 cm³/mol. The molecule has 0 spiro atoms. The van der Waals surface area contributed by atoms with Gasteiger partial charge < -0.3 is 15.5 Å². The molecule has 1 saturated heterocycles. The van der Waals surface area contributed by atoms with E-state index in [4.69, 9.17) is 0 Å². The number of amides is 2. The molecule has 1 rings (SSSR count). The van der Waals surface area contributed by atoms with Crippen LogP contribution in [0.5, 0.6) is 0 Å². The van der Waals surface area contributed by atoms with Gasteiger partial charge in [0.05, 0.1) is 5.92 Å². The molecular weight excluding hydrogens is 242 g/mol. The standard InChI is InChI=1S/C11H21N3O2.ClH/c1-8(2)10(15)13-4-5-14(3)11(16)9-6-12-7-9;/h8-9,12H,4-7H2,1-3H3,(H,13,15);1H. The number of halogens is 1. The highest BCUT2D eigenvalue weighted by Gasteiger charge is 2.27. The second-order valence-electron chi connectivity index (χ2n) is 4.56. The van der Waals surface area contributed by atoms with Gasteiger partial charge >= 0.3 is 0 Å². The summed E-state index contributed by atoms with van der Waals surface area (Å²) in [5, 5.41) is 5.86. The van der Waals surface area contributed by atoms with Crippen LogP contribution in [0.25, 0.3) is 0 Å². The summed E-state index contributed by atoms with van der Waals surface area (Å²) in [5.74, 6) is 0.325. The van der Waals surface area contributed by atoms with Gasteiger partial charge in [-0.1, -0.05) is 13.8 Å². The molecule has 0 saturated carbocycles. The fourth-order valence-electron chi connectivity index (χ4n) is 1.44. The number of nitrogens with one attached hydrogen (secondary N) is 2. The Morgan fingerprint density at radius 2 is 2.00 bits per heavy atom. The fourth-order valence-corrected chi connectivity index (χ4v) is 1.44. The van der Waals surface area contributed by atoms with Gasteiger partial charge in [0.25, 0.3) is 0 Å². The molecule has 0 aromatic rings. The molecule has 100 valence electrons. The molecular formula is C11H22ClN3O2. The average molecular weight is 264 g/mol. The molecule has 0 aromatic heterocycles. The summed E-state index contributed by atoms with van der Waals surface area (Å²) < 4.78 is 0. The van der Waals surface area contributed by atoms with Crippen LogP contribution < -0.4 is 10.6 Å². The summed E-state index contributed by atoms with van der Waals surface area (Å²) in [6, 6.07) is 0. The molecule has 2 N–H and O–H groups in total. The van der Waals surface area contributed by atoms with E-state index >= 15 is 0 Å². The third kappa shape index (κ3) is 4.91. The average Bonchev–Trinajstić information content (AvgIpc) is 2.14. The number of carbonyl (C=O) groups excluding carboxylic acids is 2. The Morgan fingerprint density at radius 1 is 1.41 bits per heavy atom. The lowest BCUT2D eigenvalue weighted by Gasteiger charge is -2.30. The van der Waals surface area contributed by atoms with Crippen molar-refractivity contribution < 1.29 is 9.59 Å². The molecule has 1 aliphatic rings. The second-order valence-corrected chi connectivity index (χ2v) is 4.56. The molecule has 6 heteroatoms. The number of rotatable bonds is 5. The van der Waals surface area contributed by atoms with Gasteiger partial charge in [0, 0.05) is 39.1 Å². The van der Waals surface area contributed by atoms with Crippen LogP contribution in [-0.2, 0) is 9.59 Å². The van der Waals surface area contributed by atoms with E-state index in [-0.39, 0.29) is 36.1 Å². The highest BCUT2D eigenvalue weighted by atomic mass is 35.5. The van der Waals surface area contributed by atoms with Crippen molar-refractivity contribution in [2.75, 3.05) is 33.2 Å². The normalized spacial score (nSPS) is 14.8. The summed E-state index contributed by atoms with van der Waals surface area (Å²) in [6.45, 7) is 6.37. The minimum atomic E-state index is -0.00293. The van der Waals surface area contributed by atoms with Gasteiger partial charge in [-0.15, -0.1) is 12.4 Å². The van der Waals surface area contributed by atoms with Crippen molar-refractivity contribution in [2.24, 2.45) is 11.8 Å². The number of carbonyl (C=O) groups is 2. The van der Waals surface area contributed by atoms with E-state index < -0.39 is 0 Å². The van der Waals surface area contributed by atoms with Crippen molar-refractivity contribution in [3.05, 3.63) is 0 Å². The lowest BCUT2D eigenvalue weighted by atomic mass is 10.0. The Balaban J connectivity index is 0.00000256. The molecule has 17 heavy (non-hydrogen) atoms. The number of likely N-dealkylation sites (N-methyl/N-ethyl adjacent to an activating group) is 1. The first kappa shape index (κ1) is 16.2. The molecule has 0 radical (unpaired) electrons. The van der Waals surface area contributed by atoms with Gasteiger partial charge in [0.1, 0.15) is 0 Å². The molecule has 0 atom stereocenters. The van der Waals surface area contributed by atoms with Crippen LogP contribution in [0.1, 0.15) is 13.8 Å². The zero-order valence-corrected chi connectivity index (χ0v) is 11.5. The lowest BCUT2D eigenvalue weighted by Crippen LogP contribution is -2.52. The third-order valence-corrected chi connectivity index (χ3v) is 2.78. The zero-order valence-electron chi connectivity index (χ0n) is 10.7. The summed E-state index contributed by atoms with van der Waals surface area (Å²) >= 11 is 0. The SMILES string of the molecule is CC(C)C(=O)NCCN(C)C(=O)C1CNC1.Cl. The number of hydrogen-bond donors (Lipinski definition) is 2. The van der Waals surface area contributed by atoms with Gasteiger partial charge in [-0.25, -0.2) is 0 Å². The van der Waals surface area contributed by atoms with Crippen molar-refractivity contribution in [2.45, 2.75) is 13.8 Å². The third-order valence-electron chi connectivity index (χ3n) is 2.78. The molecule has 0 unspecified atom stereocenters. The minimum absolute atomic E-state index is 0. The summed E-state index contributed by atoms with van der Waals surface area (Å²) in [6.07, 6.45) is 0. The first-order chi connectivity index (χ1) is 7.52. The number of hydrogen-bond acceptors (Lipinski definition) is 3. The Kier molecular flexibility index (Phi) is 7.15. The number of nitrogens with zero attached hydrogens (tertiary/aromatic N) is 1.